The number of methoxy groups -OCH3 is 1. The molecule has 1 atom stereocenters. The maximum atomic E-state index is 11.9. The van der Waals surface area contributed by atoms with Crippen LogP contribution < -0.4 is 9.47 Å². The van der Waals surface area contributed by atoms with Crippen LogP contribution in [0.4, 0.5) is 4.79 Å². The normalized spacial score (nSPS) is 14.5. The van der Waals surface area contributed by atoms with Crippen LogP contribution in [0.1, 0.15) is 16.7 Å². The quantitative estimate of drug-likeness (QED) is 0.334. The van der Waals surface area contributed by atoms with E-state index >= 15 is 0 Å². The van der Waals surface area contributed by atoms with Crippen LogP contribution in [0.2, 0.25) is 0 Å². The monoisotopic (exact) mass is 513 g/mol. The summed E-state index contributed by atoms with van der Waals surface area (Å²) in [4.78, 5) is 31.5. The predicted molar refractivity (Wildman–Crippen MR) is 140 cm³/mol. The second kappa shape index (κ2) is 9.29. The molecule has 6 rings (SSSR count). The summed E-state index contributed by atoms with van der Waals surface area (Å²) in [5.41, 5.74) is 6.27. The molecule has 0 bridgehead atoms. The highest BCUT2D eigenvalue weighted by atomic mass is 32.1. The van der Waals surface area contributed by atoms with Crippen LogP contribution in [0.25, 0.3) is 31.8 Å². The first-order valence-electron chi connectivity index (χ1n) is 11.8. The topological polar surface area (TPSA) is 111 Å². The third kappa shape index (κ3) is 4.40. The zero-order chi connectivity index (χ0) is 25.5. The van der Waals surface area contributed by atoms with Gasteiger partial charge in [0, 0.05) is 29.9 Å². The van der Waals surface area contributed by atoms with Crippen molar-refractivity contribution in [2.24, 2.45) is 0 Å². The SMILES string of the molecule is COc1cnc2c(-c3nc4ccc5c(c4s3)C[C@@H](CN(Cc3cccnc3)C(=O)O)O5)cc(C)cc2n1. The maximum Gasteiger partial charge on any atom is 0.407 e. The Hall–Kier alpha value is -4.31. The number of carbonyl (C=O) groups is 1. The molecule has 5 aromatic rings. The van der Waals surface area contributed by atoms with Crippen LogP contribution in [0, 0.1) is 6.92 Å². The molecule has 1 N–H and O–H groups in total. The number of benzene rings is 2. The average molecular weight is 514 g/mol. The van der Waals surface area contributed by atoms with E-state index in [1.54, 1.807) is 43.1 Å². The molecule has 10 heteroatoms. The first-order valence-corrected chi connectivity index (χ1v) is 12.6. The summed E-state index contributed by atoms with van der Waals surface area (Å²) in [6, 6.07) is 11.6. The van der Waals surface area contributed by atoms with Crippen molar-refractivity contribution in [1.29, 1.82) is 0 Å². The van der Waals surface area contributed by atoms with Gasteiger partial charge in [0.15, 0.2) is 0 Å². The summed E-state index contributed by atoms with van der Waals surface area (Å²) < 4.78 is 12.5. The number of fused-ring (bicyclic) bond motifs is 4. The molecule has 4 heterocycles. The Balaban J connectivity index is 1.31. The molecule has 0 spiro atoms. The van der Waals surface area contributed by atoms with Gasteiger partial charge in [-0.2, -0.15) is 0 Å². The van der Waals surface area contributed by atoms with Crippen LogP contribution in [-0.2, 0) is 13.0 Å². The van der Waals surface area contributed by atoms with Gasteiger partial charge in [0.2, 0.25) is 5.88 Å². The Kier molecular flexibility index (Phi) is 5.80. The third-order valence-electron chi connectivity index (χ3n) is 6.34. The first kappa shape index (κ1) is 23.1. The number of rotatable bonds is 6. The van der Waals surface area contributed by atoms with E-state index in [0.29, 0.717) is 12.3 Å². The van der Waals surface area contributed by atoms with Crippen LogP contribution in [0.15, 0.2) is 55.0 Å². The number of hydrogen-bond donors (Lipinski definition) is 1. The number of ether oxygens (including phenoxy) is 2. The molecule has 1 aliphatic heterocycles. The van der Waals surface area contributed by atoms with Gasteiger partial charge in [-0.25, -0.2) is 19.7 Å². The van der Waals surface area contributed by atoms with E-state index < -0.39 is 6.09 Å². The second-order valence-corrected chi connectivity index (χ2v) is 9.97. The maximum absolute atomic E-state index is 11.9. The van der Waals surface area contributed by atoms with Gasteiger partial charge in [0.05, 0.1) is 47.6 Å². The van der Waals surface area contributed by atoms with Crippen LogP contribution in [0.3, 0.4) is 0 Å². The molecular formula is C27H23N5O4S. The van der Waals surface area contributed by atoms with Crippen LogP contribution in [0.5, 0.6) is 11.6 Å². The average Bonchev–Trinajstić information content (AvgIpc) is 3.51. The minimum absolute atomic E-state index is 0.256. The predicted octanol–water partition coefficient (Wildman–Crippen LogP) is 5.10. The van der Waals surface area contributed by atoms with Crippen molar-refractivity contribution < 1.29 is 19.4 Å². The Morgan fingerprint density at radius 3 is 2.89 bits per heavy atom. The molecule has 0 aliphatic carbocycles. The minimum atomic E-state index is -0.988. The number of pyridine rings is 1. The Bertz CT molecular complexity index is 1640. The van der Waals surface area contributed by atoms with E-state index in [1.807, 2.05) is 31.2 Å². The molecule has 1 aliphatic rings. The van der Waals surface area contributed by atoms with E-state index in [4.69, 9.17) is 14.5 Å². The van der Waals surface area contributed by atoms with Crippen molar-refractivity contribution in [3.63, 3.8) is 0 Å². The fraction of sp³-hybridized carbons (Fsp3) is 0.222. The molecule has 2 aromatic carbocycles. The lowest BCUT2D eigenvalue weighted by molar-refractivity contribution is 0.113. The number of aryl methyl sites for hydroxylation is 1. The fourth-order valence-electron chi connectivity index (χ4n) is 4.68. The number of carboxylic acid groups (broad SMARTS) is 1. The molecule has 0 saturated heterocycles. The van der Waals surface area contributed by atoms with Crippen molar-refractivity contribution >= 4 is 38.7 Å². The summed E-state index contributed by atoms with van der Waals surface area (Å²) in [7, 11) is 1.57. The van der Waals surface area contributed by atoms with E-state index in [2.05, 4.69) is 21.0 Å². The van der Waals surface area contributed by atoms with Crippen molar-refractivity contribution in [3.8, 4) is 22.2 Å². The number of thiazole rings is 1. The molecule has 0 saturated carbocycles. The molecule has 0 fully saturated rings. The summed E-state index contributed by atoms with van der Waals surface area (Å²) in [6.45, 7) is 2.53. The summed E-state index contributed by atoms with van der Waals surface area (Å²) in [6.07, 6.45) is 4.30. The van der Waals surface area contributed by atoms with Gasteiger partial charge in [-0.1, -0.05) is 6.07 Å². The first-order chi connectivity index (χ1) is 18.0. The highest BCUT2D eigenvalue weighted by molar-refractivity contribution is 7.22. The van der Waals surface area contributed by atoms with Gasteiger partial charge >= 0.3 is 6.09 Å². The minimum Gasteiger partial charge on any atom is -0.488 e. The van der Waals surface area contributed by atoms with Crippen LogP contribution in [-0.4, -0.2) is 55.8 Å². The molecule has 0 radical (unpaired) electrons. The molecule has 3 aromatic heterocycles. The molecule has 37 heavy (non-hydrogen) atoms. The van der Waals surface area contributed by atoms with E-state index in [-0.39, 0.29) is 19.2 Å². The Morgan fingerprint density at radius 1 is 1.22 bits per heavy atom. The number of aromatic nitrogens is 4. The van der Waals surface area contributed by atoms with Crippen LogP contribution >= 0.6 is 11.3 Å². The lowest BCUT2D eigenvalue weighted by Crippen LogP contribution is -2.37. The van der Waals surface area contributed by atoms with E-state index in [0.717, 1.165) is 54.3 Å². The summed E-state index contributed by atoms with van der Waals surface area (Å²) >= 11 is 1.59. The standard InChI is InChI=1S/C27H23N5O4S/c1-15-8-19(24-21(9-15)30-23(35-2)12-29-24)26-31-20-5-6-22-18(25(20)37-26)10-17(36-22)14-32(27(33)34)13-16-4-3-7-28-11-16/h3-9,11-12,17H,10,13-14H2,1-2H3,(H,33,34)/t17-/m0/s1. The number of amides is 1. The lowest BCUT2D eigenvalue weighted by atomic mass is 10.1. The van der Waals surface area contributed by atoms with Gasteiger partial charge < -0.3 is 19.5 Å². The molecule has 186 valence electrons. The number of nitrogens with zero attached hydrogens (tertiary/aromatic N) is 5. The van der Waals surface area contributed by atoms with Gasteiger partial charge in [-0.15, -0.1) is 11.3 Å². The summed E-state index contributed by atoms with van der Waals surface area (Å²) in [5.74, 6) is 1.24. The molecule has 1 amide bonds. The summed E-state index contributed by atoms with van der Waals surface area (Å²) in [5, 5.41) is 10.6. The van der Waals surface area contributed by atoms with Gasteiger partial charge in [0.1, 0.15) is 16.9 Å². The highest BCUT2D eigenvalue weighted by Gasteiger charge is 2.29. The van der Waals surface area contributed by atoms with Gasteiger partial charge in [-0.05, 0) is 48.4 Å². The van der Waals surface area contributed by atoms with Crippen molar-refractivity contribution in [2.75, 3.05) is 13.7 Å². The van der Waals surface area contributed by atoms with Gasteiger partial charge in [-0.3, -0.25) is 4.98 Å². The van der Waals surface area contributed by atoms with Gasteiger partial charge in [0.25, 0.3) is 0 Å². The molecular weight excluding hydrogens is 490 g/mol. The zero-order valence-electron chi connectivity index (χ0n) is 20.2. The lowest BCUT2D eigenvalue weighted by Gasteiger charge is -2.22. The molecule has 0 unspecified atom stereocenters. The van der Waals surface area contributed by atoms with E-state index in [1.165, 1.54) is 4.90 Å². The van der Waals surface area contributed by atoms with Crippen molar-refractivity contribution in [3.05, 3.63) is 71.7 Å². The van der Waals surface area contributed by atoms with E-state index in [9.17, 15) is 9.90 Å². The number of hydrogen-bond acceptors (Lipinski definition) is 8. The third-order valence-corrected chi connectivity index (χ3v) is 7.51. The highest BCUT2D eigenvalue weighted by Crippen LogP contribution is 2.41. The Morgan fingerprint density at radius 2 is 2.11 bits per heavy atom. The van der Waals surface area contributed by atoms with Crippen molar-refractivity contribution in [1.82, 2.24) is 24.8 Å². The largest absolute Gasteiger partial charge is 0.488 e. The fourth-order valence-corrected chi connectivity index (χ4v) is 5.80. The zero-order valence-corrected chi connectivity index (χ0v) is 21.0. The molecule has 9 nitrogen and oxygen atoms in total. The second-order valence-electron chi connectivity index (χ2n) is 8.97. The van der Waals surface area contributed by atoms with Crippen molar-refractivity contribution in [2.45, 2.75) is 26.0 Å². The Labute approximate surface area is 216 Å². The smallest absolute Gasteiger partial charge is 0.407 e.